The van der Waals surface area contributed by atoms with Gasteiger partial charge >= 0.3 is 0 Å². The van der Waals surface area contributed by atoms with Gasteiger partial charge in [0.2, 0.25) is 0 Å². The van der Waals surface area contributed by atoms with Crippen LogP contribution in [0.2, 0.25) is 0 Å². The number of nitrogens with zero attached hydrogens (tertiary/aromatic N) is 3. The number of nitrogens with one attached hydrogen (secondary N) is 1. The molecule has 0 bridgehead atoms. The molecule has 0 atom stereocenters. The standard InChI is InChI=1S/C19H22N4O2/c24-17-8-4-7-16-14(17)11-21-18-15(12-22-23(16)18)19(25)20-10-9-13-5-2-1-3-6-13/h5,11-12H,1-4,6-10H2,(H,20,25). The minimum atomic E-state index is -0.152. The highest BCUT2D eigenvalue weighted by molar-refractivity contribution is 6.01. The minimum absolute atomic E-state index is 0.109. The van der Waals surface area contributed by atoms with Gasteiger partial charge in [0.15, 0.2) is 11.4 Å². The molecule has 2 aromatic heterocycles. The molecule has 2 heterocycles. The lowest BCUT2D eigenvalue weighted by Gasteiger charge is -2.15. The second kappa shape index (κ2) is 6.78. The van der Waals surface area contributed by atoms with Gasteiger partial charge in [0.05, 0.1) is 17.5 Å². The fourth-order valence-corrected chi connectivity index (χ4v) is 3.73. The lowest BCUT2D eigenvalue weighted by molar-refractivity contribution is 0.0952. The first-order chi connectivity index (χ1) is 12.2. The van der Waals surface area contributed by atoms with Crippen LogP contribution in [-0.4, -0.2) is 32.8 Å². The summed E-state index contributed by atoms with van der Waals surface area (Å²) < 4.78 is 1.66. The van der Waals surface area contributed by atoms with Gasteiger partial charge in [0.1, 0.15) is 5.56 Å². The maximum absolute atomic E-state index is 12.5. The van der Waals surface area contributed by atoms with Crippen LogP contribution in [0.3, 0.4) is 0 Å². The number of carbonyl (C=O) groups is 2. The number of aromatic nitrogens is 3. The number of hydrogen-bond acceptors (Lipinski definition) is 4. The molecule has 0 spiro atoms. The Labute approximate surface area is 146 Å². The number of allylic oxidation sites excluding steroid dienone is 1. The summed E-state index contributed by atoms with van der Waals surface area (Å²) in [5, 5.41) is 7.29. The van der Waals surface area contributed by atoms with Crippen molar-refractivity contribution < 1.29 is 9.59 Å². The van der Waals surface area contributed by atoms with Crippen molar-refractivity contribution in [2.24, 2.45) is 0 Å². The van der Waals surface area contributed by atoms with Crippen molar-refractivity contribution in [2.45, 2.75) is 51.4 Å². The summed E-state index contributed by atoms with van der Waals surface area (Å²) in [6, 6.07) is 0. The van der Waals surface area contributed by atoms with Crippen LogP contribution in [0.5, 0.6) is 0 Å². The molecular formula is C19H22N4O2. The Bertz CT molecular complexity index is 866. The molecule has 1 amide bonds. The molecule has 2 aliphatic rings. The zero-order chi connectivity index (χ0) is 17.2. The molecule has 0 aliphatic heterocycles. The summed E-state index contributed by atoms with van der Waals surface area (Å²) in [6.07, 6.45) is 13.4. The molecule has 0 fully saturated rings. The normalized spacial score (nSPS) is 17.3. The second-order valence-corrected chi connectivity index (χ2v) is 6.80. The van der Waals surface area contributed by atoms with Gasteiger partial charge in [0.25, 0.3) is 5.91 Å². The van der Waals surface area contributed by atoms with Crippen molar-refractivity contribution in [1.29, 1.82) is 0 Å². The van der Waals surface area contributed by atoms with E-state index in [0.717, 1.165) is 37.8 Å². The Morgan fingerprint density at radius 2 is 2.08 bits per heavy atom. The highest BCUT2D eigenvalue weighted by Crippen LogP contribution is 2.22. The lowest BCUT2D eigenvalue weighted by Crippen LogP contribution is -2.25. The quantitative estimate of drug-likeness (QED) is 0.870. The molecule has 6 heteroatoms. The van der Waals surface area contributed by atoms with Gasteiger partial charge in [0, 0.05) is 19.2 Å². The number of fused-ring (bicyclic) bond motifs is 3. The van der Waals surface area contributed by atoms with Crippen LogP contribution in [0.25, 0.3) is 5.65 Å². The average molecular weight is 338 g/mol. The predicted molar refractivity (Wildman–Crippen MR) is 93.8 cm³/mol. The summed E-state index contributed by atoms with van der Waals surface area (Å²) in [7, 11) is 0. The monoisotopic (exact) mass is 338 g/mol. The first kappa shape index (κ1) is 16.0. The van der Waals surface area contributed by atoms with E-state index in [1.54, 1.807) is 16.9 Å². The highest BCUT2D eigenvalue weighted by Gasteiger charge is 2.23. The van der Waals surface area contributed by atoms with E-state index >= 15 is 0 Å². The molecule has 25 heavy (non-hydrogen) atoms. The van der Waals surface area contributed by atoms with Crippen molar-refractivity contribution in [1.82, 2.24) is 19.9 Å². The van der Waals surface area contributed by atoms with Gasteiger partial charge in [-0.05, 0) is 44.9 Å². The van der Waals surface area contributed by atoms with Crippen LogP contribution >= 0.6 is 0 Å². The maximum Gasteiger partial charge on any atom is 0.256 e. The van der Waals surface area contributed by atoms with Gasteiger partial charge in [-0.3, -0.25) is 9.59 Å². The van der Waals surface area contributed by atoms with Gasteiger partial charge < -0.3 is 5.32 Å². The summed E-state index contributed by atoms with van der Waals surface area (Å²) in [5.74, 6) is -0.0427. The molecule has 4 rings (SSSR count). The Kier molecular flexibility index (Phi) is 4.34. The van der Waals surface area contributed by atoms with E-state index in [2.05, 4.69) is 21.5 Å². The van der Waals surface area contributed by atoms with E-state index < -0.39 is 0 Å². The van der Waals surface area contributed by atoms with Crippen LogP contribution in [0.4, 0.5) is 0 Å². The number of ketones is 1. The number of Topliss-reactive ketones (excluding diaryl/α,β-unsaturated/α-hetero) is 1. The topological polar surface area (TPSA) is 76.4 Å². The average Bonchev–Trinajstić information content (AvgIpc) is 3.07. The smallest absolute Gasteiger partial charge is 0.256 e. The molecule has 0 radical (unpaired) electrons. The zero-order valence-electron chi connectivity index (χ0n) is 14.3. The SMILES string of the molecule is O=C1CCCc2c1cnc1c(C(=O)NCCC3=CCCCC3)cnn21. The Morgan fingerprint density at radius 3 is 2.92 bits per heavy atom. The molecule has 1 N–H and O–H groups in total. The lowest BCUT2D eigenvalue weighted by atomic mass is 9.96. The third kappa shape index (κ3) is 3.08. The fourth-order valence-electron chi connectivity index (χ4n) is 3.73. The molecule has 0 saturated heterocycles. The molecule has 0 unspecified atom stereocenters. The summed E-state index contributed by atoms with van der Waals surface area (Å²) >= 11 is 0. The van der Waals surface area contributed by atoms with Crippen molar-refractivity contribution in [2.75, 3.05) is 6.54 Å². The molecule has 0 saturated carbocycles. The number of rotatable bonds is 4. The second-order valence-electron chi connectivity index (χ2n) is 6.80. The largest absolute Gasteiger partial charge is 0.352 e. The third-order valence-electron chi connectivity index (χ3n) is 5.11. The van der Waals surface area contributed by atoms with Crippen molar-refractivity contribution in [3.8, 4) is 0 Å². The molecule has 0 aromatic carbocycles. The summed E-state index contributed by atoms with van der Waals surface area (Å²) in [4.78, 5) is 28.8. The Hall–Kier alpha value is -2.50. The Balaban J connectivity index is 1.50. The van der Waals surface area contributed by atoms with Crippen LogP contribution in [-0.2, 0) is 6.42 Å². The molecule has 2 aromatic rings. The van der Waals surface area contributed by atoms with Crippen LogP contribution in [0, 0.1) is 0 Å². The van der Waals surface area contributed by atoms with E-state index in [4.69, 9.17) is 0 Å². The number of carbonyl (C=O) groups excluding carboxylic acids is 2. The summed E-state index contributed by atoms with van der Waals surface area (Å²) in [6.45, 7) is 0.630. The first-order valence-corrected chi connectivity index (χ1v) is 9.09. The minimum Gasteiger partial charge on any atom is -0.352 e. The molecule has 2 aliphatic carbocycles. The number of amides is 1. The number of hydrogen-bond donors (Lipinski definition) is 1. The van der Waals surface area contributed by atoms with Crippen LogP contribution in [0.1, 0.15) is 71.4 Å². The number of aryl methyl sites for hydroxylation is 1. The van der Waals surface area contributed by atoms with E-state index in [-0.39, 0.29) is 11.7 Å². The van der Waals surface area contributed by atoms with E-state index in [1.165, 1.54) is 18.4 Å². The van der Waals surface area contributed by atoms with Crippen LogP contribution < -0.4 is 5.32 Å². The maximum atomic E-state index is 12.5. The van der Waals surface area contributed by atoms with Gasteiger partial charge in [-0.15, -0.1) is 0 Å². The highest BCUT2D eigenvalue weighted by atomic mass is 16.1. The molecule has 6 nitrogen and oxygen atoms in total. The summed E-state index contributed by atoms with van der Waals surface area (Å²) in [5.41, 5.74) is 3.95. The van der Waals surface area contributed by atoms with Crippen molar-refractivity contribution in [3.63, 3.8) is 0 Å². The predicted octanol–water partition coefficient (Wildman–Crippen LogP) is 2.87. The third-order valence-corrected chi connectivity index (χ3v) is 5.11. The molecular weight excluding hydrogens is 316 g/mol. The molecule has 130 valence electrons. The Morgan fingerprint density at radius 1 is 1.16 bits per heavy atom. The van der Waals surface area contributed by atoms with Gasteiger partial charge in [-0.1, -0.05) is 11.6 Å². The zero-order valence-corrected chi connectivity index (χ0v) is 14.3. The first-order valence-electron chi connectivity index (χ1n) is 9.09. The fraction of sp³-hybridized carbons (Fsp3) is 0.474. The van der Waals surface area contributed by atoms with E-state index in [9.17, 15) is 9.59 Å². The van der Waals surface area contributed by atoms with E-state index in [0.29, 0.717) is 29.7 Å². The van der Waals surface area contributed by atoms with Gasteiger partial charge in [-0.25, -0.2) is 9.50 Å². The van der Waals surface area contributed by atoms with Crippen LogP contribution in [0.15, 0.2) is 24.0 Å². The van der Waals surface area contributed by atoms with E-state index in [1.807, 2.05) is 0 Å². The van der Waals surface area contributed by atoms with Crippen molar-refractivity contribution >= 4 is 17.3 Å². The van der Waals surface area contributed by atoms with Gasteiger partial charge in [-0.2, -0.15) is 5.10 Å². The van der Waals surface area contributed by atoms with Crippen molar-refractivity contribution in [3.05, 3.63) is 40.9 Å².